The van der Waals surface area contributed by atoms with Gasteiger partial charge >= 0.3 is 12.3 Å². The van der Waals surface area contributed by atoms with E-state index in [1.54, 1.807) is 48.5 Å². The van der Waals surface area contributed by atoms with E-state index in [0.29, 0.717) is 48.3 Å². The summed E-state index contributed by atoms with van der Waals surface area (Å²) in [6.45, 7) is 2.45. The number of hydrogen-bond donors (Lipinski definition) is 2. The van der Waals surface area contributed by atoms with E-state index in [0.717, 1.165) is 37.3 Å². The molecule has 0 aromatic heterocycles. The van der Waals surface area contributed by atoms with Crippen molar-refractivity contribution < 1.29 is 41.8 Å². The fourth-order valence-electron chi connectivity index (χ4n) is 7.33. The van der Waals surface area contributed by atoms with Gasteiger partial charge in [-0.1, -0.05) is 48.9 Å². The zero-order chi connectivity index (χ0) is 30.2. The van der Waals surface area contributed by atoms with Crippen molar-refractivity contribution in [3.05, 3.63) is 71.5 Å². The van der Waals surface area contributed by atoms with Crippen LogP contribution in [0.25, 0.3) is 6.08 Å². The third kappa shape index (κ3) is 6.28. The van der Waals surface area contributed by atoms with Gasteiger partial charge in [0.05, 0.1) is 13.6 Å². The van der Waals surface area contributed by atoms with Gasteiger partial charge in [-0.05, 0) is 61.4 Å². The van der Waals surface area contributed by atoms with E-state index in [9.17, 15) is 27.9 Å². The molecule has 1 amide bonds. The van der Waals surface area contributed by atoms with Crippen molar-refractivity contribution in [2.24, 2.45) is 5.92 Å². The van der Waals surface area contributed by atoms with E-state index in [1.165, 1.54) is 6.92 Å². The molecule has 2 aromatic carbocycles. The first-order valence-corrected chi connectivity index (χ1v) is 14.5. The van der Waals surface area contributed by atoms with E-state index in [1.807, 2.05) is 13.1 Å². The van der Waals surface area contributed by atoms with Gasteiger partial charge in [-0.3, -0.25) is 14.9 Å². The van der Waals surface area contributed by atoms with E-state index < -0.39 is 41.2 Å². The number of fused-ring (bicyclic) bond motifs is 1. The molecule has 2 saturated carbocycles. The lowest BCUT2D eigenvalue weighted by molar-refractivity contribution is -0.950. The summed E-state index contributed by atoms with van der Waals surface area (Å²) in [6.07, 6.45) is 0.704. The zero-order valence-corrected chi connectivity index (χ0v) is 24.0. The molecule has 1 saturated heterocycles. The quantitative estimate of drug-likeness (QED) is 0.177. The summed E-state index contributed by atoms with van der Waals surface area (Å²) >= 11 is 0. The number of piperidine rings is 1. The van der Waals surface area contributed by atoms with Crippen molar-refractivity contribution >= 4 is 18.0 Å². The van der Waals surface area contributed by atoms with E-state index in [4.69, 9.17) is 4.74 Å². The van der Waals surface area contributed by atoms with Crippen LogP contribution in [0.5, 0.6) is 5.75 Å². The number of rotatable bonds is 8. The number of phenolic OH excluding ortho intramolecular Hbond substituents is 1. The number of carbonyl (C=O) groups excluding carboxylic acids is 2. The Kier molecular flexibility index (Phi) is 8.04. The summed E-state index contributed by atoms with van der Waals surface area (Å²) in [5, 5.41) is 13.4. The van der Waals surface area contributed by atoms with Crippen LogP contribution < -0.4 is 5.32 Å². The number of likely N-dealkylation sites (N-methyl/N-ethyl adjacent to an activating group) is 1. The summed E-state index contributed by atoms with van der Waals surface area (Å²) in [4.78, 5) is 26.3. The highest BCUT2D eigenvalue weighted by Crippen LogP contribution is 2.57. The van der Waals surface area contributed by atoms with Crippen LogP contribution in [0.1, 0.15) is 63.0 Å². The Hall–Kier alpha value is -3.53. The number of amides is 1. The van der Waals surface area contributed by atoms with Gasteiger partial charge in [0.2, 0.25) is 0 Å². The molecule has 7 nitrogen and oxygen atoms in total. The van der Waals surface area contributed by atoms with Gasteiger partial charge in [0.25, 0.3) is 5.91 Å². The Bertz CT molecular complexity index is 1350. The molecule has 42 heavy (non-hydrogen) atoms. The summed E-state index contributed by atoms with van der Waals surface area (Å²) in [5.74, 6) is -1.75. The molecule has 0 bridgehead atoms. The lowest BCUT2D eigenvalue weighted by Gasteiger charge is -2.62. The summed E-state index contributed by atoms with van der Waals surface area (Å²) in [6, 6.07) is 15.1. The number of aromatic hydroxyl groups is 1. The molecule has 0 radical (unpaired) electrons. The molecule has 1 heterocycles. The van der Waals surface area contributed by atoms with Gasteiger partial charge < -0.3 is 19.1 Å². The summed E-state index contributed by atoms with van der Waals surface area (Å²) < 4.78 is 51.3. The molecule has 5 rings (SSSR count). The Morgan fingerprint density at radius 3 is 2.45 bits per heavy atom. The highest BCUT2D eigenvalue weighted by atomic mass is 19.4. The maximum Gasteiger partial charge on any atom is 0.573 e. The van der Waals surface area contributed by atoms with Crippen molar-refractivity contribution in [2.75, 3.05) is 20.1 Å². The fraction of sp³-hybridized carbons (Fsp3) is 0.500. The third-order valence-corrected chi connectivity index (χ3v) is 9.17. The van der Waals surface area contributed by atoms with Crippen LogP contribution in [-0.4, -0.2) is 59.7 Å². The first kappa shape index (κ1) is 29.9. The molecule has 226 valence electrons. The van der Waals surface area contributed by atoms with Gasteiger partial charge in [0.15, 0.2) is 17.5 Å². The fourth-order valence-corrected chi connectivity index (χ4v) is 7.33. The number of quaternary nitrogens is 1. The molecule has 3 aliphatic rings. The van der Waals surface area contributed by atoms with Crippen molar-refractivity contribution in [1.82, 2.24) is 5.32 Å². The Morgan fingerprint density at radius 2 is 1.81 bits per heavy atom. The predicted octanol–water partition coefficient (Wildman–Crippen LogP) is 5.79. The molecule has 10 heteroatoms. The number of esters is 1. The molecule has 2 unspecified atom stereocenters. The van der Waals surface area contributed by atoms with Gasteiger partial charge in [-0.2, -0.15) is 0 Å². The molecule has 2 aromatic rings. The minimum absolute atomic E-state index is 0.0669. The monoisotopic (exact) mass is 587 g/mol. The molecular weight excluding hydrogens is 549 g/mol. The normalized spacial score (nSPS) is 29.7. The van der Waals surface area contributed by atoms with Crippen molar-refractivity contribution in [3.63, 3.8) is 0 Å². The van der Waals surface area contributed by atoms with Gasteiger partial charge in [-0.15, -0.1) is 13.2 Å². The van der Waals surface area contributed by atoms with Crippen LogP contribution >= 0.6 is 0 Å². The predicted molar refractivity (Wildman–Crippen MR) is 149 cm³/mol. The minimum Gasteiger partial charge on any atom is -0.508 e. The van der Waals surface area contributed by atoms with Crippen LogP contribution in [0.4, 0.5) is 13.2 Å². The third-order valence-electron chi connectivity index (χ3n) is 9.17. The second-order valence-electron chi connectivity index (χ2n) is 12.4. The molecule has 0 spiro atoms. The van der Waals surface area contributed by atoms with E-state index >= 15 is 0 Å². The second kappa shape index (κ2) is 11.3. The molecule has 4 atom stereocenters. The molecule has 1 aliphatic heterocycles. The number of nitrogens with one attached hydrogen (secondary N) is 1. The van der Waals surface area contributed by atoms with Gasteiger partial charge in [0.1, 0.15) is 12.3 Å². The number of carbonyl (C=O) groups is 2. The Labute approximate surface area is 243 Å². The maximum absolute atomic E-state index is 13.7. The van der Waals surface area contributed by atoms with Crippen molar-refractivity contribution in [2.45, 2.75) is 75.4 Å². The first-order valence-electron chi connectivity index (χ1n) is 14.5. The molecule has 3 fully saturated rings. The van der Waals surface area contributed by atoms with Crippen LogP contribution in [0.3, 0.4) is 0 Å². The standard InChI is InChI=1S/C32H37F3N2O5/c1-22(38)41-31-16-7-6-15-30(31,25-11-8-12-26(39)18-25)19-28(37(2,21-31)20-24-13-14-24)36-29(40)27(42-32(33,34)35)17-23-9-4-3-5-10-23/h3-5,8-12,17-18,24,28H,6-7,13-16,19-21H2,1-2H3,(H-,36,39,40)/p+1/t28-,30?,31?,37+/m0/s1. The Morgan fingerprint density at radius 1 is 1.10 bits per heavy atom. The lowest BCUT2D eigenvalue weighted by Crippen LogP contribution is -2.77. The number of likely N-dealkylation sites (tertiary alicyclic amines) is 1. The van der Waals surface area contributed by atoms with Gasteiger partial charge in [0, 0.05) is 24.7 Å². The summed E-state index contributed by atoms with van der Waals surface area (Å²) in [7, 11) is 1.99. The Balaban J connectivity index is 1.58. The van der Waals surface area contributed by atoms with Crippen LogP contribution in [0.2, 0.25) is 0 Å². The van der Waals surface area contributed by atoms with E-state index in [-0.39, 0.29) is 5.75 Å². The van der Waals surface area contributed by atoms with Gasteiger partial charge in [-0.25, -0.2) is 0 Å². The second-order valence-corrected chi connectivity index (χ2v) is 12.4. The van der Waals surface area contributed by atoms with Crippen molar-refractivity contribution in [1.29, 1.82) is 0 Å². The van der Waals surface area contributed by atoms with Crippen molar-refractivity contribution in [3.8, 4) is 5.75 Å². The van der Waals surface area contributed by atoms with Crippen LogP contribution in [0, 0.1) is 5.92 Å². The summed E-state index contributed by atoms with van der Waals surface area (Å²) in [5.41, 5.74) is -0.514. The maximum atomic E-state index is 13.7. The number of phenols is 1. The average molecular weight is 588 g/mol. The molecule has 2 aliphatic carbocycles. The smallest absolute Gasteiger partial charge is 0.508 e. The molecular formula is C32H38F3N2O5+. The zero-order valence-electron chi connectivity index (χ0n) is 24.0. The number of benzene rings is 2. The number of halogens is 3. The van der Waals surface area contributed by atoms with E-state index in [2.05, 4.69) is 10.1 Å². The molecule has 2 N–H and O–H groups in total. The van der Waals surface area contributed by atoms with Crippen LogP contribution in [0.15, 0.2) is 60.4 Å². The minimum atomic E-state index is -5.06. The average Bonchev–Trinajstić information content (AvgIpc) is 3.72. The largest absolute Gasteiger partial charge is 0.573 e. The highest BCUT2D eigenvalue weighted by molar-refractivity contribution is 5.96. The number of alkyl halides is 3. The number of ether oxygens (including phenoxy) is 2. The SMILES string of the molecule is CC(=O)OC12CCCCC1(c1cccc(O)c1)C[C@@H](NC(=O)C(=Cc1ccccc1)OC(F)(F)F)[N@+](C)(CC1CC1)C2. The topological polar surface area (TPSA) is 84.9 Å². The lowest BCUT2D eigenvalue weighted by atomic mass is 9.55. The number of hydrogen-bond acceptors (Lipinski definition) is 5. The number of nitrogens with zero attached hydrogens (tertiary/aromatic N) is 1. The first-order chi connectivity index (χ1) is 19.8. The van der Waals surface area contributed by atoms with Crippen LogP contribution in [-0.2, 0) is 24.5 Å². The highest BCUT2D eigenvalue weighted by Gasteiger charge is 2.66.